The molecule has 0 fully saturated rings. The van der Waals surface area contributed by atoms with Crippen molar-refractivity contribution < 1.29 is 0 Å². The molecule has 0 amide bonds. The third-order valence-corrected chi connectivity index (χ3v) is 2.78. The van der Waals surface area contributed by atoms with Crippen LogP contribution in [0.1, 0.15) is 18.9 Å². The summed E-state index contributed by atoms with van der Waals surface area (Å²) in [4.78, 5) is 0. The predicted molar refractivity (Wildman–Crippen MR) is 65.8 cm³/mol. The molecule has 2 radical (unpaired) electrons. The largest absolute Gasteiger partial charge is 0.364 e. The minimum Gasteiger partial charge on any atom is -0.364 e. The second-order valence-corrected chi connectivity index (χ2v) is 4.48. The van der Waals surface area contributed by atoms with Crippen molar-refractivity contribution in [3.8, 4) is 0 Å². The van der Waals surface area contributed by atoms with Gasteiger partial charge in [-0.3, -0.25) is 0 Å². The van der Waals surface area contributed by atoms with Crippen molar-refractivity contribution in [1.82, 2.24) is 5.23 Å². The molecule has 13 heavy (non-hydrogen) atoms. The van der Waals surface area contributed by atoms with Crippen molar-refractivity contribution >= 4 is 30.6 Å². The Kier molecular flexibility index (Phi) is 4.81. The minimum absolute atomic E-state index is 0.388. The second-order valence-electron chi connectivity index (χ2n) is 3.23. The van der Waals surface area contributed by atoms with E-state index in [1.165, 1.54) is 9.13 Å². The Bertz CT molecular complexity index is 248. The van der Waals surface area contributed by atoms with E-state index in [0.29, 0.717) is 6.04 Å². The van der Waals surface area contributed by atoms with Crippen LogP contribution in [0.2, 0.25) is 0 Å². The van der Waals surface area contributed by atoms with E-state index in [4.69, 9.17) is 7.98 Å². The predicted octanol–water partition coefficient (Wildman–Crippen LogP) is 2.29. The van der Waals surface area contributed by atoms with Crippen LogP contribution in [-0.4, -0.2) is 14.0 Å². The summed E-state index contributed by atoms with van der Waals surface area (Å²) in [5, 5.41) is 2.75. The highest BCUT2D eigenvalue weighted by Crippen LogP contribution is 2.09. The number of hydrogen-bond acceptors (Lipinski definition) is 1. The average Bonchev–Trinajstić information content (AvgIpc) is 2.16. The molecule has 0 aliphatic heterocycles. The fourth-order valence-electron chi connectivity index (χ4n) is 1.12. The molecule has 1 aromatic carbocycles. The van der Waals surface area contributed by atoms with Gasteiger partial charge in [-0.15, -0.1) is 0 Å². The smallest absolute Gasteiger partial charge is 0.178 e. The highest BCUT2D eigenvalue weighted by Gasteiger charge is 1.98. The summed E-state index contributed by atoms with van der Waals surface area (Å²) >= 11 is 2.31. The minimum atomic E-state index is 0.388. The summed E-state index contributed by atoms with van der Waals surface area (Å²) in [6, 6.07) is 9.00. The van der Waals surface area contributed by atoms with Gasteiger partial charge in [0.05, 0.1) is 0 Å². The molecule has 0 bridgehead atoms. The van der Waals surface area contributed by atoms with Crippen LogP contribution in [0.5, 0.6) is 0 Å². The van der Waals surface area contributed by atoms with Gasteiger partial charge in [0.25, 0.3) is 0 Å². The Hall–Kier alpha value is -0.0251. The highest BCUT2D eigenvalue weighted by atomic mass is 127. The van der Waals surface area contributed by atoms with E-state index in [2.05, 4.69) is 59.0 Å². The summed E-state index contributed by atoms with van der Waals surface area (Å²) in [6.45, 7) is 2.09. The van der Waals surface area contributed by atoms with Gasteiger partial charge in [0, 0.05) is 3.57 Å². The maximum Gasteiger partial charge on any atom is 0.178 e. The number of nitrogens with one attached hydrogen (secondary N) is 1. The molecule has 1 N–H and O–H groups in total. The van der Waals surface area contributed by atoms with Gasteiger partial charge in [-0.05, 0) is 59.2 Å². The first-order valence-corrected chi connectivity index (χ1v) is 5.51. The molecule has 0 saturated heterocycles. The number of benzene rings is 1. The van der Waals surface area contributed by atoms with Gasteiger partial charge in [0.15, 0.2) is 7.98 Å². The van der Waals surface area contributed by atoms with Gasteiger partial charge in [-0.25, -0.2) is 0 Å². The van der Waals surface area contributed by atoms with Crippen LogP contribution >= 0.6 is 22.6 Å². The molecule has 1 aromatic rings. The summed E-state index contributed by atoms with van der Waals surface area (Å²) in [5.74, 6) is 0. The quantitative estimate of drug-likeness (QED) is 0.661. The Morgan fingerprint density at radius 3 is 2.54 bits per heavy atom. The van der Waals surface area contributed by atoms with Crippen molar-refractivity contribution in [2.75, 3.05) is 0 Å². The van der Waals surface area contributed by atoms with Crippen LogP contribution in [0.3, 0.4) is 0 Å². The lowest BCUT2D eigenvalue weighted by Crippen LogP contribution is -2.23. The fraction of sp³-hybridized carbons (Fsp3) is 0.400. The maximum atomic E-state index is 5.31. The van der Waals surface area contributed by atoms with Crippen molar-refractivity contribution in [3.05, 3.63) is 33.4 Å². The fourth-order valence-corrected chi connectivity index (χ4v) is 1.48. The molecule has 0 aliphatic carbocycles. The standard InChI is InChI=1S/C10H13BIN/c1-8(13-11)2-3-9-4-6-10(12)7-5-9/h4-8,13H,2-3H2,1H3. The summed E-state index contributed by atoms with van der Waals surface area (Å²) in [5.41, 5.74) is 1.38. The van der Waals surface area contributed by atoms with Crippen LogP contribution in [0.25, 0.3) is 0 Å². The number of aryl methyl sites for hydroxylation is 1. The third-order valence-electron chi connectivity index (χ3n) is 2.06. The van der Waals surface area contributed by atoms with Gasteiger partial charge in [0.2, 0.25) is 0 Å². The van der Waals surface area contributed by atoms with Crippen LogP contribution in [0.15, 0.2) is 24.3 Å². The first-order chi connectivity index (χ1) is 6.22. The van der Waals surface area contributed by atoms with Gasteiger partial charge in [-0.1, -0.05) is 19.1 Å². The normalized spacial score (nSPS) is 12.8. The monoisotopic (exact) mass is 285 g/mol. The molecule has 0 aliphatic rings. The highest BCUT2D eigenvalue weighted by molar-refractivity contribution is 14.1. The Labute approximate surface area is 94.9 Å². The van der Waals surface area contributed by atoms with Crippen molar-refractivity contribution in [2.45, 2.75) is 25.8 Å². The molecule has 1 nitrogen and oxygen atoms in total. The topological polar surface area (TPSA) is 12.0 Å². The maximum absolute atomic E-state index is 5.31. The van der Waals surface area contributed by atoms with E-state index in [1.54, 1.807) is 0 Å². The molecular formula is C10H13BIN. The molecule has 1 unspecified atom stereocenters. The van der Waals surface area contributed by atoms with Crippen LogP contribution in [-0.2, 0) is 6.42 Å². The summed E-state index contributed by atoms with van der Waals surface area (Å²) < 4.78 is 1.28. The van der Waals surface area contributed by atoms with Crippen molar-refractivity contribution in [1.29, 1.82) is 0 Å². The zero-order chi connectivity index (χ0) is 9.68. The second kappa shape index (κ2) is 5.65. The SMILES string of the molecule is [B]NC(C)CCc1ccc(I)cc1. The summed E-state index contributed by atoms with van der Waals surface area (Å²) in [7, 11) is 5.31. The molecule has 1 rings (SSSR count). The number of hydrogen-bond donors (Lipinski definition) is 1. The lowest BCUT2D eigenvalue weighted by Gasteiger charge is -2.09. The lowest BCUT2D eigenvalue weighted by atomic mass is 10.1. The van der Waals surface area contributed by atoms with Crippen molar-refractivity contribution in [2.24, 2.45) is 0 Å². The zero-order valence-electron chi connectivity index (χ0n) is 7.76. The molecule has 0 aromatic heterocycles. The van der Waals surface area contributed by atoms with E-state index in [-0.39, 0.29) is 0 Å². The molecule has 0 spiro atoms. The van der Waals surface area contributed by atoms with E-state index in [0.717, 1.165) is 12.8 Å². The average molecular weight is 285 g/mol. The van der Waals surface area contributed by atoms with E-state index in [1.807, 2.05) is 0 Å². The number of halogens is 1. The van der Waals surface area contributed by atoms with Crippen LogP contribution < -0.4 is 5.23 Å². The summed E-state index contributed by atoms with van der Waals surface area (Å²) in [6.07, 6.45) is 2.17. The first-order valence-electron chi connectivity index (χ1n) is 4.43. The lowest BCUT2D eigenvalue weighted by molar-refractivity contribution is 0.622. The van der Waals surface area contributed by atoms with Crippen molar-refractivity contribution in [3.63, 3.8) is 0 Å². The van der Waals surface area contributed by atoms with E-state index < -0.39 is 0 Å². The Morgan fingerprint density at radius 2 is 2.00 bits per heavy atom. The zero-order valence-corrected chi connectivity index (χ0v) is 9.91. The molecule has 68 valence electrons. The first kappa shape index (κ1) is 11.1. The molecule has 3 heteroatoms. The third kappa shape index (κ3) is 4.14. The van der Waals surface area contributed by atoms with Gasteiger partial charge in [0.1, 0.15) is 0 Å². The molecule has 0 saturated carbocycles. The van der Waals surface area contributed by atoms with Gasteiger partial charge >= 0.3 is 0 Å². The molecule has 1 atom stereocenters. The molecule has 0 heterocycles. The van der Waals surface area contributed by atoms with Crippen LogP contribution in [0.4, 0.5) is 0 Å². The Morgan fingerprint density at radius 1 is 1.38 bits per heavy atom. The van der Waals surface area contributed by atoms with Gasteiger partial charge < -0.3 is 5.23 Å². The Balaban J connectivity index is 2.41. The van der Waals surface area contributed by atoms with E-state index >= 15 is 0 Å². The number of rotatable bonds is 4. The van der Waals surface area contributed by atoms with Crippen LogP contribution in [0, 0.1) is 3.57 Å². The molecular weight excluding hydrogens is 272 g/mol. The van der Waals surface area contributed by atoms with E-state index in [9.17, 15) is 0 Å². The van der Waals surface area contributed by atoms with Gasteiger partial charge in [-0.2, -0.15) is 0 Å².